The number of rotatable bonds is 4. The molecule has 1 saturated heterocycles. The zero-order valence-corrected chi connectivity index (χ0v) is 9.21. The number of hydrogen-bond donors (Lipinski definition) is 1. The third kappa shape index (κ3) is 2.69. The molecule has 1 heterocycles. The summed E-state index contributed by atoms with van der Waals surface area (Å²) in [6.07, 6.45) is 7.06. The fourth-order valence-electron chi connectivity index (χ4n) is 2.29. The van der Waals surface area contributed by atoms with E-state index in [-0.39, 0.29) is 0 Å². The molecule has 1 nitrogen and oxygen atoms in total. The quantitative estimate of drug-likeness (QED) is 0.789. The average Bonchev–Trinajstić information content (AvgIpc) is 2.79. The van der Waals surface area contributed by atoms with Gasteiger partial charge in [0.1, 0.15) is 0 Å². The van der Waals surface area contributed by atoms with Crippen molar-refractivity contribution in [2.45, 2.75) is 31.7 Å². The van der Waals surface area contributed by atoms with E-state index in [4.69, 9.17) is 0 Å². The van der Waals surface area contributed by atoms with E-state index in [1.165, 1.54) is 43.4 Å². The SMILES string of the molecule is C=Cc1ccccc1CCC1CCCN1. The summed E-state index contributed by atoms with van der Waals surface area (Å²) in [6, 6.07) is 9.29. The maximum atomic E-state index is 3.86. The highest BCUT2D eigenvalue weighted by Gasteiger charge is 2.13. The Labute approximate surface area is 92.2 Å². The Hall–Kier alpha value is -1.08. The molecular formula is C14H19N. The normalized spacial score (nSPS) is 20.4. The van der Waals surface area contributed by atoms with Gasteiger partial charge in [0.15, 0.2) is 0 Å². The third-order valence-electron chi connectivity index (χ3n) is 3.20. The number of aryl methyl sites for hydroxylation is 1. The van der Waals surface area contributed by atoms with Crippen molar-refractivity contribution in [3.05, 3.63) is 42.0 Å². The molecule has 1 heteroatoms. The van der Waals surface area contributed by atoms with Crippen molar-refractivity contribution in [1.29, 1.82) is 0 Å². The fourth-order valence-corrected chi connectivity index (χ4v) is 2.29. The van der Waals surface area contributed by atoms with Crippen molar-refractivity contribution >= 4 is 6.08 Å². The van der Waals surface area contributed by atoms with Gasteiger partial charge in [-0.05, 0) is 43.4 Å². The van der Waals surface area contributed by atoms with E-state index in [9.17, 15) is 0 Å². The van der Waals surface area contributed by atoms with Crippen LogP contribution < -0.4 is 5.32 Å². The average molecular weight is 201 g/mol. The third-order valence-corrected chi connectivity index (χ3v) is 3.20. The maximum absolute atomic E-state index is 3.86. The van der Waals surface area contributed by atoms with E-state index in [1.54, 1.807) is 0 Å². The molecule has 0 radical (unpaired) electrons. The lowest BCUT2D eigenvalue weighted by molar-refractivity contribution is 0.559. The molecule has 0 bridgehead atoms. The number of nitrogens with one attached hydrogen (secondary N) is 1. The first kappa shape index (κ1) is 10.4. The van der Waals surface area contributed by atoms with Crippen LogP contribution in [0.4, 0.5) is 0 Å². The highest BCUT2D eigenvalue weighted by molar-refractivity contribution is 5.51. The van der Waals surface area contributed by atoms with Gasteiger partial charge in [-0.3, -0.25) is 0 Å². The van der Waals surface area contributed by atoms with Crippen molar-refractivity contribution < 1.29 is 0 Å². The van der Waals surface area contributed by atoms with Crippen LogP contribution >= 0.6 is 0 Å². The monoisotopic (exact) mass is 201 g/mol. The summed E-state index contributed by atoms with van der Waals surface area (Å²) in [5.74, 6) is 0. The topological polar surface area (TPSA) is 12.0 Å². The van der Waals surface area contributed by atoms with Crippen molar-refractivity contribution in [3.63, 3.8) is 0 Å². The van der Waals surface area contributed by atoms with Crippen LogP contribution in [0.2, 0.25) is 0 Å². The van der Waals surface area contributed by atoms with Crippen LogP contribution in [0.3, 0.4) is 0 Å². The molecule has 0 spiro atoms. The van der Waals surface area contributed by atoms with Crippen LogP contribution in [-0.4, -0.2) is 12.6 Å². The Balaban J connectivity index is 1.94. The highest BCUT2D eigenvalue weighted by Crippen LogP contribution is 2.16. The number of benzene rings is 1. The molecule has 1 aliphatic heterocycles. The zero-order chi connectivity index (χ0) is 10.5. The summed E-state index contributed by atoms with van der Waals surface area (Å²) in [5, 5.41) is 3.54. The molecule has 0 saturated carbocycles. The van der Waals surface area contributed by atoms with Crippen LogP contribution in [-0.2, 0) is 6.42 Å². The summed E-state index contributed by atoms with van der Waals surface area (Å²) >= 11 is 0. The molecule has 0 aliphatic carbocycles. The first-order chi connectivity index (χ1) is 7.40. The summed E-state index contributed by atoms with van der Waals surface area (Å²) in [6.45, 7) is 5.06. The van der Waals surface area contributed by atoms with E-state index in [1.807, 2.05) is 6.08 Å². The summed E-state index contributed by atoms with van der Waals surface area (Å²) in [4.78, 5) is 0. The van der Waals surface area contributed by atoms with Gasteiger partial charge in [-0.15, -0.1) is 0 Å². The Kier molecular flexibility index (Phi) is 3.57. The molecule has 1 N–H and O–H groups in total. The van der Waals surface area contributed by atoms with Gasteiger partial charge in [0, 0.05) is 6.04 Å². The van der Waals surface area contributed by atoms with Gasteiger partial charge in [-0.1, -0.05) is 36.9 Å². The molecule has 1 aliphatic rings. The molecule has 80 valence electrons. The second-order valence-corrected chi connectivity index (χ2v) is 4.23. The van der Waals surface area contributed by atoms with Gasteiger partial charge in [0.05, 0.1) is 0 Å². The molecule has 1 aromatic carbocycles. The molecule has 1 atom stereocenters. The van der Waals surface area contributed by atoms with Gasteiger partial charge in [-0.25, -0.2) is 0 Å². The molecule has 0 amide bonds. The minimum absolute atomic E-state index is 0.739. The predicted molar refractivity (Wildman–Crippen MR) is 65.9 cm³/mol. The minimum Gasteiger partial charge on any atom is -0.314 e. The van der Waals surface area contributed by atoms with Gasteiger partial charge in [0.2, 0.25) is 0 Å². The minimum atomic E-state index is 0.739. The van der Waals surface area contributed by atoms with E-state index >= 15 is 0 Å². The summed E-state index contributed by atoms with van der Waals surface area (Å²) in [5.41, 5.74) is 2.72. The molecule has 0 aromatic heterocycles. The Morgan fingerprint density at radius 1 is 1.40 bits per heavy atom. The van der Waals surface area contributed by atoms with Crippen LogP contribution in [0.25, 0.3) is 6.08 Å². The van der Waals surface area contributed by atoms with Crippen molar-refractivity contribution in [1.82, 2.24) is 5.32 Å². The molecule has 15 heavy (non-hydrogen) atoms. The molecule has 1 fully saturated rings. The highest BCUT2D eigenvalue weighted by atomic mass is 14.9. The zero-order valence-electron chi connectivity index (χ0n) is 9.21. The Morgan fingerprint density at radius 3 is 3.00 bits per heavy atom. The lowest BCUT2D eigenvalue weighted by Crippen LogP contribution is -2.21. The van der Waals surface area contributed by atoms with Crippen LogP contribution in [0.5, 0.6) is 0 Å². The lowest BCUT2D eigenvalue weighted by atomic mass is 9.99. The van der Waals surface area contributed by atoms with Crippen molar-refractivity contribution in [3.8, 4) is 0 Å². The van der Waals surface area contributed by atoms with Gasteiger partial charge >= 0.3 is 0 Å². The molecule has 1 aromatic rings. The smallest absolute Gasteiger partial charge is 0.00707 e. The number of hydrogen-bond acceptors (Lipinski definition) is 1. The predicted octanol–water partition coefficient (Wildman–Crippen LogP) is 3.01. The largest absolute Gasteiger partial charge is 0.314 e. The Morgan fingerprint density at radius 2 is 2.27 bits per heavy atom. The van der Waals surface area contributed by atoms with Crippen LogP contribution in [0.15, 0.2) is 30.8 Å². The second-order valence-electron chi connectivity index (χ2n) is 4.23. The van der Waals surface area contributed by atoms with Gasteiger partial charge < -0.3 is 5.32 Å². The first-order valence-corrected chi connectivity index (χ1v) is 5.84. The maximum Gasteiger partial charge on any atom is 0.00707 e. The first-order valence-electron chi connectivity index (χ1n) is 5.84. The van der Waals surface area contributed by atoms with Crippen molar-refractivity contribution in [2.24, 2.45) is 0 Å². The molecular weight excluding hydrogens is 182 g/mol. The second kappa shape index (κ2) is 5.13. The van der Waals surface area contributed by atoms with Gasteiger partial charge in [-0.2, -0.15) is 0 Å². The van der Waals surface area contributed by atoms with Crippen LogP contribution in [0.1, 0.15) is 30.4 Å². The van der Waals surface area contributed by atoms with Gasteiger partial charge in [0.25, 0.3) is 0 Å². The molecule has 1 unspecified atom stereocenters. The standard InChI is InChI=1S/C14H19N/c1-2-12-6-3-4-7-13(12)9-10-14-8-5-11-15-14/h2-4,6-7,14-15H,1,5,8-11H2. The van der Waals surface area contributed by atoms with E-state index in [2.05, 4.69) is 36.2 Å². The van der Waals surface area contributed by atoms with E-state index < -0.39 is 0 Å². The molecule has 2 rings (SSSR count). The summed E-state index contributed by atoms with van der Waals surface area (Å²) in [7, 11) is 0. The lowest BCUT2D eigenvalue weighted by Gasteiger charge is -2.11. The Bertz CT molecular complexity index is 324. The summed E-state index contributed by atoms with van der Waals surface area (Å²) < 4.78 is 0. The fraction of sp³-hybridized carbons (Fsp3) is 0.429. The van der Waals surface area contributed by atoms with Crippen molar-refractivity contribution in [2.75, 3.05) is 6.54 Å². The van der Waals surface area contributed by atoms with Crippen LogP contribution in [0, 0.1) is 0 Å². The van der Waals surface area contributed by atoms with E-state index in [0.29, 0.717) is 0 Å². The van der Waals surface area contributed by atoms with E-state index in [0.717, 1.165) is 6.04 Å².